The molecule has 3 heteroatoms. The number of epoxide rings is 1. The SMILES string of the molecule is c1ccc(CCC2OC23CCC2(CC3)OCCO2)cc1. The summed E-state index contributed by atoms with van der Waals surface area (Å²) < 4.78 is 17.6. The van der Waals surface area contributed by atoms with Gasteiger partial charge in [0.15, 0.2) is 5.79 Å². The van der Waals surface area contributed by atoms with Crippen molar-refractivity contribution in [3.05, 3.63) is 35.9 Å². The van der Waals surface area contributed by atoms with Gasteiger partial charge in [0.1, 0.15) is 0 Å². The van der Waals surface area contributed by atoms with Gasteiger partial charge in [0.25, 0.3) is 0 Å². The van der Waals surface area contributed by atoms with E-state index in [2.05, 4.69) is 30.3 Å². The Morgan fingerprint density at radius 2 is 1.65 bits per heavy atom. The van der Waals surface area contributed by atoms with Crippen LogP contribution in [0.3, 0.4) is 0 Å². The van der Waals surface area contributed by atoms with E-state index in [1.807, 2.05) is 0 Å². The average molecular weight is 274 g/mol. The van der Waals surface area contributed by atoms with Gasteiger partial charge in [0, 0.05) is 12.8 Å². The minimum absolute atomic E-state index is 0.148. The second kappa shape index (κ2) is 4.83. The molecule has 3 nitrogen and oxygen atoms in total. The maximum Gasteiger partial charge on any atom is 0.168 e. The summed E-state index contributed by atoms with van der Waals surface area (Å²) >= 11 is 0. The van der Waals surface area contributed by atoms with Gasteiger partial charge < -0.3 is 14.2 Å². The van der Waals surface area contributed by atoms with Crippen molar-refractivity contribution in [1.29, 1.82) is 0 Å². The van der Waals surface area contributed by atoms with E-state index in [4.69, 9.17) is 14.2 Å². The summed E-state index contributed by atoms with van der Waals surface area (Å²) in [4.78, 5) is 0. The summed E-state index contributed by atoms with van der Waals surface area (Å²) in [6.45, 7) is 1.51. The van der Waals surface area contributed by atoms with Crippen molar-refractivity contribution in [1.82, 2.24) is 0 Å². The normalized spacial score (nSPS) is 29.9. The van der Waals surface area contributed by atoms with Crippen LogP contribution in [-0.4, -0.2) is 30.7 Å². The Kier molecular flexibility index (Phi) is 3.09. The van der Waals surface area contributed by atoms with Crippen LogP contribution in [0.1, 0.15) is 37.7 Å². The molecule has 2 heterocycles. The largest absolute Gasteiger partial charge is 0.366 e. The summed E-state index contributed by atoms with van der Waals surface area (Å²) in [5, 5.41) is 0. The standard InChI is InChI=1S/C17H22O3/c1-2-4-14(5-3-1)6-7-15-16(20-15)8-10-17(11-9-16)18-12-13-19-17/h1-5,15H,6-13H2. The number of hydrogen-bond donors (Lipinski definition) is 0. The average Bonchev–Trinajstić information content (AvgIpc) is 2.97. The Hall–Kier alpha value is -0.900. The summed E-state index contributed by atoms with van der Waals surface area (Å²) in [5.74, 6) is -0.263. The zero-order valence-electron chi connectivity index (χ0n) is 11.8. The van der Waals surface area contributed by atoms with E-state index >= 15 is 0 Å². The van der Waals surface area contributed by atoms with Crippen molar-refractivity contribution < 1.29 is 14.2 Å². The van der Waals surface area contributed by atoms with Crippen molar-refractivity contribution in [2.45, 2.75) is 56.0 Å². The van der Waals surface area contributed by atoms with E-state index in [1.165, 1.54) is 5.56 Å². The molecule has 0 aromatic heterocycles. The Balaban J connectivity index is 1.30. The fourth-order valence-corrected chi connectivity index (χ4v) is 3.79. The van der Waals surface area contributed by atoms with Gasteiger partial charge in [-0.2, -0.15) is 0 Å². The molecule has 0 bridgehead atoms. The number of aryl methyl sites for hydroxylation is 1. The number of hydrogen-bond acceptors (Lipinski definition) is 3. The van der Waals surface area contributed by atoms with Crippen LogP contribution in [0, 0.1) is 0 Å². The van der Waals surface area contributed by atoms with Crippen LogP contribution >= 0.6 is 0 Å². The van der Waals surface area contributed by atoms with Gasteiger partial charge in [0.05, 0.1) is 24.9 Å². The van der Waals surface area contributed by atoms with Crippen molar-refractivity contribution in [3.8, 4) is 0 Å². The molecule has 108 valence electrons. The third-order valence-electron chi connectivity index (χ3n) is 5.12. The van der Waals surface area contributed by atoms with E-state index in [1.54, 1.807) is 0 Å². The van der Waals surface area contributed by atoms with Gasteiger partial charge >= 0.3 is 0 Å². The lowest BCUT2D eigenvalue weighted by atomic mass is 9.81. The quantitative estimate of drug-likeness (QED) is 0.794. The number of ether oxygens (including phenoxy) is 3. The maximum atomic E-state index is 6.06. The highest BCUT2D eigenvalue weighted by Gasteiger charge is 2.60. The first-order chi connectivity index (χ1) is 9.80. The fourth-order valence-electron chi connectivity index (χ4n) is 3.79. The van der Waals surface area contributed by atoms with E-state index in [9.17, 15) is 0 Å². The Bertz CT molecular complexity index is 454. The smallest absolute Gasteiger partial charge is 0.168 e. The molecule has 0 radical (unpaired) electrons. The first-order valence-corrected chi connectivity index (χ1v) is 7.80. The zero-order chi connectivity index (χ0) is 13.5. The summed E-state index contributed by atoms with van der Waals surface area (Å²) in [7, 11) is 0. The van der Waals surface area contributed by atoms with Crippen LogP contribution in [-0.2, 0) is 20.6 Å². The van der Waals surface area contributed by atoms with Gasteiger partial charge in [-0.15, -0.1) is 0 Å². The van der Waals surface area contributed by atoms with Crippen molar-refractivity contribution in [3.63, 3.8) is 0 Å². The van der Waals surface area contributed by atoms with E-state index in [0.29, 0.717) is 6.10 Å². The van der Waals surface area contributed by atoms with Gasteiger partial charge in [-0.25, -0.2) is 0 Å². The molecule has 3 fully saturated rings. The fraction of sp³-hybridized carbons (Fsp3) is 0.647. The van der Waals surface area contributed by atoms with Gasteiger partial charge in [0.2, 0.25) is 0 Å². The molecular formula is C17H22O3. The molecule has 0 amide bonds. The van der Waals surface area contributed by atoms with E-state index in [-0.39, 0.29) is 11.4 Å². The van der Waals surface area contributed by atoms with Crippen molar-refractivity contribution in [2.24, 2.45) is 0 Å². The molecule has 1 saturated carbocycles. The van der Waals surface area contributed by atoms with Crippen LogP contribution in [0.25, 0.3) is 0 Å². The van der Waals surface area contributed by atoms with Gasteiger partial charge in [-0.3, -0.25) is 0 Å². The Labute approximate surface area is 120 Å². The highest BCUT2D eigenvalue weighted by atomic mass is 16.7. The molecular weight excluding hydrogens is 252 g/mol. The molecule has 4 rings (SSSR count). The second-order valence-electron chi connectivity index (χ2n) is 6.30. The minimum atomic E-state index is -0.263. The summed E-state index contributed by atoms with van der Waals surface area (Å²) in [6.07, 6.45) is 6.87. The molecule has 20 heavy (non-hydrogen) atoms. The predicted octanol–water partition coefficient (Wildman–Crippen LogP) is 3.07. The highest BCUT2D eigenvalue weighted by Crippen LogP contribution is 2.53. The Morgan fingerprint density at radius 1 is 0.950 bits per heavy atom. The lowest BCUT2D eigenvalue weighted by molar-refractivity contribution is -0.184. The lowest BCUT2D eigenvalue weighted by Gasteiger charge is -2.34. The first kappa shape index (κ1) is 12.8. The zero-order valence-corrected chi connectivity index (χ0v) is 11.8. The third-order valence-corrected chi connectivity index (χ3v) is 5.12. The number of benzene rings is 1. The number of rotatable bonds is 3. The topological polar surface area (TPSA) is 31.0 Å². The monoisotopic (exact) mass is 274 g/mol. The predicted molar refractivity (Wildman–Crippen MR) is 75.5 cm³/mol. The van der Waals surface area contributed by atoms with Crippen LogP contribution in [0.2, 0.25) is 0 Å². The lowest BCUT2D eigenvalue weighted by Crippen LogP contribution is -2.39. The molecule has 1 atom stereocenters. The molecule has 0 N–H and O–H groups in total. The van der Waals surface area contributed by atoms with Crippen LogP contribution < -0.4 is 0 Å². The van der Waals surface area contributed by atoms with Gasteiger partial charge in [-0.05, 0) is 31.2 Å². The maximum absolute atomic E-state index is 6.06. The molecule has 2 aliphatic heterocycles. The molecule has 1 aliphatic carbocycles. The second-order valence-corrected chi connectivity index (χ2v) is 6.30. The van der Waals surface area contributed by atoms with Crippen LogP contribution in [0.15, 0.2) is 30.3 Å². The molecule has 1 aromatic rings. The highest BCUT2D eigenvalue weighted by molar-refractivity contribution is 5.16. The summed E-state index contributed by atoms with van der Waals surface area (Å²) in [5.41, 5.74) is 1.56. The van der Waals surface area contributed by atoms with Crippen molar-refractivity contribution >= 4 is 0 Å². The molecule has 3 aliphatic rings. The minimum Gasteiger partial charge on any atom is -0.366 e. The summed E-state index contributed by atoms with van der Waals surface area (Å²) in [6, 6.07) is 10.7. The molecule has 2 spiro atoms. The van der Waals surface area contributed by atoms with Crippen LogP contribution in [0.4, 0.5) is 0 Å². The molecule has 2 saturated heterocycles. The van der Waals surface area contributed by atoms with Gasteiger partial charge in [-0.1, -0.05) is 30.3 Å². The van der Waals surface area contributed by atoms with Crippen molar-refractivity contribution in [2.75, 3.05) is 13.2 Å². The van der Waals surface area contributed by atoms with Crippen LogP contribution in [0.5, 0.6) is 0 Å². The molecule has 1 aromatic carbocycles. The van der Waals surface area contributed by atoms with E-state index in [0.717, 1.165) is 51.7 Å². The third kappa shape index (κ3) is 2.28. The van der Waals surface area contributed by atoms with E-state index < -0.39 is 0 Å². The first-order valence-electron chi connectivity index (χ1n) is 7.80. The Morgan fingerprint density at radius 3 is 2.35 bits per heavy atom. The molecule has 1 unspecified atom stereocenters.